The summed E-state index contributed by atoms with van der Waals surface area (Å²) in [7, 11) is 0. The van der Waals surface area contributed by atoms with Gasteiger partial charge in [-0.25, -0.2) is 4.79 Å². The minimum atomic E-state index is -0.839. The van der Waals surface area contributed by atoms with Gasteiger partial charge in [0.25, 0.3) is 5.69 Å². The first-order valence-corrected chi connectivity index (χ1v) is 11.9. The molecule has 0 saturated heterocycles. The number of amides is 1. The molecule has 8 nitrogen and oxygen atoms in total. The van der Waals surface area contributed by atoms with Gasteiger partial charge in [0.05, 0.1) is 21.6 Å². The lowest BCUT2D eigenvalue weighted by Gasteiger charge is -2.39. The van der Waals surface area contributed by atoms with E-state index in [0.717, 1.165) is 11.6 Å². The number of rotatable bonds is 5. The van der Waals surface area contributed by atoms with Crippen molar-refractivity contribution in [2.24, 2.45) is 21.4 Å². The number of halogens is 2. The first-order valence-electron chi connectivity index (χ1n) is 11.1. The summed E-state index contributed by atoms with van der Waals surface area (Å²) in [6, 6.07) is 9.05. The minimum absolute atomic E-state index is 0.0401. The Morgan fingerprint density at radius 2 is 1.80 bits per heavy atom. The molecular formula is C25H25Cl2N3O5. The lowest BCUT2D eigenvalue weighted by atomic mass is 9.64. The molecule has 2 aromatic rings. The number of hydrogen-bond donors (Lipinski definition) is 1. The van der Waals surface area contributed by atoms with Crippen molar-refractivity contribution in [2.75, 3.05) is 5.32 Å². The van der Waals surface area contributed by atoms with E-state index in [0.29, 0.717) is 35.7 Å². The molecule has 4 rings (SSSR count). The van der Waals surface area contributed by atoms with Gasteiger partial charge in [0.2, 0.25) is 5.91 Å². The monoisotopic (exact) mass is 517 g/mol. The number of benzene rings is 2. The second-order valence-corrected chi connectivity index (χ2v) is 10.8. The van der Waals surface area contributed by atoms with E-state index in [2.05, 4.69) is 10.5 Å². The molecule has 2 atom stereocenters. The molecule has 2 fully saturated rings. The third-order valence-electron chi connectivity index (χ3n) is 8.22. The van der Waals surface area contributed by atoms with E-state index in [-0.39, 0.29) is 16.5 Å². The first-order chi connectivity index (χ1) is 16.3. The molecule has 2 aromatic carbocycles. The van der Waals surface area contributed by atoms with E-state index in [1.807, 2.05) is 39.8 Å². The summed E-state index contributed by atoms with van der Waals surface area (Å²) in [5, 5.41) is 18.8. The maximum atomic E-state index is 13.6. The molecule has 1 amide bonds. The average molecular weight is 518 g/mol. The van der Waals surface area contributed by atoms with E-state index in [4.69, 9.17) is 28.0 Å². The number of fused-ring (bicyclic) bond motifs is 2. The molecule has 2 aliphatic rings. The van der Waals surface area contributed by atoms with Crippen molar-refractivity contribution in [1.29, 1.82) is 0 Å². The van der Waals surface area contributed by atoms with Gasteiger partial charge in [-0.2, -0.15) is 0 Å². The highest BCUT2D eigenvalue weighted by atomic mass is 35.5. The molecular weight excluding hydrogens is 493 g/mol. The van der Waals surface area contributed by atoms with Crippen LogP contribution in [0.15, 0.2) is 41.6 Å². The molecule has 0 spiro atoms. The lowest BCUT2D eigenvalue weighted by molar-refractivity contribution is -0.384. The molecule has 2 saturated carbocycles. The zero-order chi connectivity index (χ0) is 25.8. The molecule has 10 heteroatoms. The fourth-order valence-corrected chi connectivity index (χ4v) is 5.74. The van der Waals surface area contributed by atoms with E-state index in [1.165, 1.54) is 12.1 Å². The molecule has 35 heavy (non-hydrogen) atoms. The van der Waals surface area contributed by atoms with Gasteiger partial charge in [-0.15, -0.1) is 0 Å². The summed E-state index contributed by atoms with van der Waals surface area (Å²) in [6.45, 7) is 7.99. The normalized spacial score (nSPS) is 25.5. The van der Waals surface area contributed by atoms with E-state index in [1.54, 1.807) is 6.07 Å². The van der Waals surface area contributed by atoms with E-state index in [9.17, 15) is 19.7 Å². The Hall–Kier alpha value is -2.97. The third kappa shape index (κ3) is 3.89. The van der Waals surface area contributed by atoms with Crippen LogP contribution >= 0.6 is 23.2 Å². The van der Waals surface area contributed by atoms with Gasteiger partial charge in [0.1, 0.15) is 5.02 Å². The number of oxime groups is 1. The zero-order valence-corrected chi connectivity index (χ0v) is 21.3. The molecule has 0 heterocycles. The van der Waals surface area contributed by atoms with Crippen LogP contribution in [0.25, 0.3) is 0 Å². The van der Waals surface area contributed by atoms with Crippen molar-refractivity contribution < 1.29 is 19.3 Å². The molecule has 0 aliphatic heterocycles. The Morgan fingerprint density at radius 3 is 2.46 bits per heavy atom. The second-order valence-electron chi connectivity index (χ2n) is 9.97. The maximum Gasteiger partial charge on any atom is 0.365 e. The largest absolute Gasteiger partial charge is 0.365 e. The molecule has 2 bridgehead atoms. The van der Waals surface area contributed by atoms with Crippen LogP contribution in [-0.2, 0) is 9.63 Å². The summed E-state index contributed by atoms with van der Waals surface area (Å²) >= 11 is 12.1. The molecule has 2 aliphatic carbocycles. The smallest absolute Gasteiger partial charge is 0.326 e. The number of carbonyl (C=O) groups excluding carboxylic acids is 2. The zero-order valence-electron chi connectivity index (χ0n) is 19.8. The summed E-state index contributed by atoms with van der Waals surface area (Å²) in [6.07, 6.45) is 1.69. The Balaban J connectivity index is 1.58. The number of nitrogens with one attached hydrogen (secondary N) is 1. The average Bonchev–Trinajstić information content (AvgIpc) is 3.10. The fraction of sp³-hybridized carbons (Fsp3) is 0.400. The number of anilines is 1. The summed E-state index contributed by atoms with van der Waals surface area (Å²) in [4.78, 5) is 41.8. The second kappa shape index (κ2) is 8.60. The van der Waals surface area contributed by atoms with Crippen molar-refractivity contribution in [3.8, 4) is 0 Å². The van der Waals surface area contributed by atoms with Crippen molar-refractivity contribution in [2.45, 2.75) is 47.0 Å². The number of nitrogens with zero attached hydrogens (tertiary/aromatic N) is 2. The number of nitro benzene ring substituents is 1. The highest BCUT2D eigenvalue weighted by Gasteiger charge is 2.71. The maximum absolute atomic E-state index is 13.6. The third-order valence-corrected chi connectivity index (χ3v) is 8.94. The predicted molar refractivity (Wildman–Crippen MR) is 134 cm³/mol. The van der Waals surface area contributed by atoms with E-state index < -0.39 is 32.8 Å². The van der Waals surface area contributed by atoms with Crippen molar-refractivity contribution in [3.63, 3.8) is 0 Å². The Morgan fingerprint density at radius 1 is 1.09 bits per heavy atom. The topological polar surface area (TPSA) is 111 Å². The van der Waals surface area contributed by atoms with Gasteiger partial charge in [0, 0.05) is 28.6 Å². The van der Waals surface area contributed by atoms with Gasteiger partial charge in [-0.3, -0.25) is 14.9 Å². The highest BCUT2D eigenvalue weighted by Crippen LogP contribution is 2.71. The first kappa shape index (κ1) is 25.1. The lowest BCUT2D eigenvalue weighted by Crippen LogP contribution is -2.43. The van der Waals surface area contributed by atoms with Crippen LogP contribution < -0.4 is 5.32 Å². The number of hydrogen-bond acceptors (Lipinski definition) is 6. The number of carbonyl (C=O) groups is 2. The SMILES string of the molecule is Cc1ccc(NC(=O)C23CCC(C)(/C(=N\OC(=O)c4ccc(Cl)c([N+](=O)[O-])c4)C2)C3(C)C)cc1Cl. The van der Waals surface area contributed by atoms with Crippen LogP contribution in [0.1, 0.15) is 56.0 Å². The van der Waals surface area contributed by atoms with Crippen LogP contribution in [0, 0.1) is 33.3 Å². The van der Waals surface area contributed by atoms with Crippen molar-refractivity contribution >= 4 is 52.2 Å². The van der Waals surface area contributed by atoms with Crippen LogP contribution in [0.5, 0.6) is 0 Å². The Bertz CT molecular complexity index is 1290. The molecule has 0 radical (unpaired) electrons. The summed E-state index contributed by atoms with van der Waals surface area (Å²) in [5.41, 5.74) is 0.0247. The van der Waals surface area contributed by atoms with Crippen LogP contribution in [0.2, 0.25) is 10.0 Å². The van der Waals surface area contributed by atoms with E-state index >= 15 is 0 Å². The summed E-state index contributed by atoms with van der Waals surface area (Å²) < 4.78 is 0. The molecule has 1 N–H and O–H groups in total. The van der Waals surface area contributed by atoms with Gasteiger partial charge in [-0.05, 0) is 55.0 Å². The predicted octanol–water partition coefficient (Wildman–Crippen LogP) is 6.58. The Labute approximate surface area is 212 Å². The number of aryl methyl sites for hydroxylation is 1. The van der Waals surface area contributed by atoms with Crippen LogP contribution in [-0.4, -0.2) is 22.5 Å². The highest BCUT2D eigenvalue weighted by molar-refractivity contribution is 6.32. The van der Waals surface area contributed by atoms with Gasteiger partial charge < -0.3 is 10.2 Å². The molecule has 2 unspecified atom stereocenters. The van der Waals surface area contributed by atoms with Gasteiger partial charge >= 0.3 is 5.97 Å². The molecule has 184 valence electrons. The standard InChI is InChI=1S/C25H25Cl2N3O5/c1-14-5-7-16(12-18(14)27)28-22(32)25-10-9-24(4,23(25,2)3)20(13-25)29-35-21(31)15-6-8-17(26)19(11-15)30(33)34/h5-8,11-12H,9-10,13H2,1-4H3,(H,28,32)/b29-20-. The minimum Gasteiger partial charge on any atom is -0.326 e. The van der Waals surface area contributed by atoms with Crippen LogP contribution in [0.4, 0.5) is 11.4 Å². The van der Waals surface area contributed by atoms with Crippen LogP contribution in [0.3, 0.4) is 0 Å². The quantitative estimate of drug-likeness (QED) is 0.273. The summed E-state index contributed by atoms with van der Waals surface area (Å²) in [5.74, 6) is -0.967. The Kier molecular flexibility index (Phi) is 6.18. The van der Waals surface area contributed by atoms with Crippen molar-refractivity contribution in [1.82, 2.24) is 0 Å². The number of nitro groups is 1. The van der Waals surface area contributed by atoms with Gasteiger partial charge in [-0.1, -0.05) is 55.2 Å². The fourth-order valence-electron chi connectivity index (χ4n) is 5.37. The van der Waals surface area contributed by atoms with Crippen molar-refractivity contribution in [3.05, 3.63) is 67.7 Å². The molecule has 0 aromatic heterocycles. The van der Waals surface area contributed by atoms with Gasteiger partial charge in [0.15, 0.2) is 0 Å².